The van der Waals surface area contributed by atoms with Gasteiger partial charge in [-0.05, 0) is 52.2 Å². The van der Waals surface area contributed by atoms with E-state index in [9.17, 15) is 0 Å². The van der Waals surface area contributed by atoms with Gasteiger partial charge < -0.3 is 33.2 Å². The molecule has 2 heterocycles. The lowest BCUT2D eigenvalue weighted by atomic mass is 9.96. The van der Waals surface area contributed by atoms with E-state index in [1.54, 1.807) is 7.11 Å². The number of hydrogen-bond donors (Lipinski definition) is 0. The standard InChI is InChI=1S/C38H36O7/c1-39-31-18-20-32(21-19-31)43-38-36(41-24-27-12-6-3-7-13-27)35(40-23-26-10-4-2-5-11-26)34-33(44-38)25-42-37(45-34)30-17-16-28-14-8-9-15-29(28)22-30/h2-22,33-38H,23-25H2,1H3/t33-,34-,35+,36-,37?,38-/m1/s1. The molecule has 5 aromatic rings. The van der Waals surface area contributed by atoms with Crippen LogP contribution in [0.4, 0.5) is 0 Å². The number of methoxy groups -OCH3 is 1. The quantitative estimate of drug-likeness (QED) is 0.167. The third-order valence-corrected chi connectivity index (χ3v) is 8.21. The molecule has 2 fully saturated rings. The third kappa shape index (κ3) is 6.88. The van der Waals surface area contributed by atoms with Crippen LogP contribution in [0.2, 0.25) is 0 Å². The van der Waals surface area contributed by atoms with Gasteiger partial charge in [-0.3, -0.25) is 0 Å². The molecular weight excluding hydrogens is 568 g/mol. The molecule has 0 radical (unpaired) electrons. The normalized spacial score (nSPS) is 24.6. The topological polar surface area (TPSA) is 64.6 Å². The second kappa shape index (κ2) is 13.8. The molecule has 2 aliphatic heterocycles. The van der Waals surface area contributed by atoms with Crippen LogP contribution in [-0.4, -0.2) is 44.4 Å². The van der Waals surface area contributed by atoms with E-state index in [-0.39, 0.29) is 0 Å². The molecule has 2 aliphatic rings. The van der Waals surface area contributed by atoms with Gasteiger partial charge in [0.15, 0.2) is 6.29 Å². The highest BCUT2D eigenvalue weighted by molar-refractivity contribution is 5.83. The summed E-state index contributed by atoms with van der Waals surface area (Å²) in [6, 6.07) is 42.1. The van der Waals surface area contributed by atoms with Gasteiger partial charge in [-0.15, -0.1) is 0 Å². The SMILES string of the molecule is COc1ccc(O[C@@H]2O[C@@H]3COC(c4ccc5ccccc5c4)O[C@H]3[C@H](OCc3ccccc3)[C@H]2OCc2ccccc2)cc1. The van der Waals surface area contributed by atoms with E-state index in [0.717, 1.165) is 33.2 Å². The summed E-state index contributed by atoms with van der Waals surface area (Å²) in [6.07, 6.45) is -3.43. The zero-order chi connectivity index (χ0) is 30.4. The average Bonchev–Trinajstić information content (AvgIpc) is 3.10. The van der Waals surface area contributed by atoms with Crippen LogP contribution in [0.3, 0.4) is 0 Å². The molecule has 7 rings (SSSR count). The van der Waals surface area contributed by atoms with Crippen LogP contribution < -0.4 is 9.47 Å². The van der Waals surface area contributed by atoms with E-state index in [1.165, 1.54) is 0 Å². The average molecular weight is 605 g/mol. The summed E-state index contributed by atoms with van der Waals surface area (Å²) in [7, 11) is 1.64. The minimum atomic E-state index is -0.784. The predicted octanol–water partition coefficient (Wildman–Crippen LogP) is 7.24. The van der Waals surface area contributed by atoms with Crippen molar-refractivity contribution in [3.8, 4) is 11.5 Å². The molecule has 7 nitrogen and oxygen atoms in total. The molecule has 0 spiro atoms. The minimum Gasteiger partial charge on any atom is -0.497 e. The molecule has 0 aliphatic carbocycles. The van der Waals surface area contributed by atoms with Crippen molar-refractivity contribution < 1.29 is 33.2 Å². The van der Waals surface area contributed by atoms with Gasteiger partial charge in [-0.2, -0.15) is 0 Å². The highest BCUT2D eigenvalue weighted by Gasteiger charge is 2.52. The molecule has 0 aromatic heterocycles. The van der Waals surface area contributed by atoms with Crippen molar-refractivity contribution >= 4 is 10.8 Å². The van der Waals surface area contributed by atoms with Gasteiger partial charge in [-0.1, -0.05) is 97.1 Å². The maximum absolute atomic E-state index is 6.71. The first-order valence-corrected chi connectivity index (χ1v) is 15.3. The smallest absolute Gasteiger partial charge is 0.229 e. The zero-order valence-electron chi connectivity index (χ0n) is 25.1. The van der Waals surface area contributed by atoms with Gasteiger partial charge in [0.1, 0.15) is 35.9 Å². The van der Waals surface area contributed by atoms with Crippen molar-refractivity contribution in [1.29, 1.82) is 0 Å². The number of hydrogen-bond acceptors (Lipinski definition) is 7. The Morgan fingerprint density at radius 1 is 0.622 bits per heavy atom. The van der Waals surface area contributed by atoms with Gasteiger partial charge >= 0.3 is 0 Å². The molecule has 0 amide bonds. The van der Waals surface area contributed by atoms with E-state index >= 15 is 0 Å². The monoisotopic (exact) mass is 604 g/mol. The van der Waals surface area contributed by atoms with Crippen molar-refractivity contribution in [3.05, 3.63) is 144 Å². The summed E-state index contributed by atoms with van der Waals surface area (Å²) < 4.78 is 44.7. The van der Waals surface area contributed by atoms with Crippen LogP contribution >= 0.6 is 0 Å². The number of rotatable bonds is 10. The Kier molecular flexibility index (Phi) is 9.05. The Balaban J connectivity index is 1.20. The number of benzene rings is 5. The molecule has 5 aromatic carbocycles. The number of ether oxygens (including phenoxy) is 7. The molecule has 230 valence electrons. The molecular formula is C38H36O7. The van der Waals surface area contributed by atoms with E-state index in [2.05, 4.69) is 30.3 Å². The lowest BCUT2D eigenvalue weighted by Gasteiger charge is -2.48. The van der Waals surface area contributed by atoms with Gasteiger partial charge in [0.05, 0.1) is 26.9 Å². The molecule has 1 unspecified atom stereocenters. The molecule has 6 atom stereocenters. The van der Waals surface area contributed by atoms with E-state index in [1.807, 2.05) is 97.1 Å². The second-order valence-corrected chi connectivity index (χ2v) is 11.2. The Labute approximate surface area is 263 Å². The Bertz CT molecular complexity index is 1660. The van der Waals surface area contributed by atoms with Crippen LogP contribution in [0.1, 0.15) is 23.0 Å². The lowest BCUT2D eigenvalue weighted by Crippen LogP contribution is -2.64. The highest BCUT2D eigenvalue weighted by atomic mass is 16.8. The summed E-state index contributed by atoms with van der Waals surface area (Å²) in [5.41, 5.74) is 3.02. The maximum Gasteiger partial charge on any atom is 0.229 e. The van der Waals surface area contributed by atoms with Crippen molar-refractivity contribution in [1.82, 2.24) is 0 Å². The molecule has 7 heteroatoms. The fourth-order valence-corrected chi connectivity index (χ4v) is 5.85. The molecule has 0 bridgehead atoms. The Hall–Kier alpha value is -4.24. The van der Waals surface area contributed by atoms with E-state index in [0.29, 0.717) is 25.6 Å². The first-order chi connectivity index (χ1) is 22.2. The minimum absolute atomic E-state index is 0.307. The first kappa shape index (κ1) is 29.5. The van der Waals surface area contributed by atoms with Crippen molar-refractivity contribution in [2.45, 2.75) is 50.2 Å². The van der Waals surface area contributed by atoms with Crippen molar-refractivity contribution in [2.24, 2.45) is 0 Å². The summed E-state index contributed by atoms with van der Waals surface area (Å²) >= 11 is 0. The van der Waals surface area contributed by atoms with Gasteiger partial charge in [0.2, 0.25) is 6.29 Å². The molecule has 45 heavy (non-hydrogen) atoms. The fraction of sp³-hybridized carbons (Fsp3) is 0.263. The Morgan fingerprint density at radius 2 is 1.24 bits per heavy atom. The van der Waals surface area contributed by atoms with Crippen LogP contribution in [0, 0.1) is 0 Å². The predicted molar refractivity (Wildman–Crippen MR) is 170 cm³/mol. The van der Waals surface area contributed by atoms with Crippen LogP contribution in [-0.2, 0) is 36.9 Å². The van der Waals surface area contributed by atoms with Crippen molar-refractivity contribution in [2.75, 3.05) is 13.7 Å². The third-order valence-electron chi connectivity index (χ3n) is 8.21. The fourth-order valence-electron chi connectivity index (χ4n) is 5.85. The summed E-state index contributed by atoms with van der Waals surface area (Å²) in [4.78, 5) is 0. The Morgan fingerprint density at radius 3 is 1.93 bits per heavy atom. The summed E-state index contributed by atoms with van der Waals surface area (Å²) in [6.45, 7) is 1.03. The van der Waals surface area contributed by atoms with E-state index < -0.39 is 37.0 Å². The molecule has 2 saturated heterocycles. The van der Waals surface area contributed by atoms with Crippen LogP contribution in [0.25, 0.3) is 10.8 Å². The van der Waals surface area contributed by atoms with Crippen molar-refractivity contribution in [3.63, 3.8) is 0 Å². The van der Waals surface area contributed by atoms with Crippen LogP contribution in [0.5, 0.6) is 11.5 Å². The largest absolute Gasteiger partial charge is 0.497 e. The van der Waals surface area contributed by atoms with Gasteiger partial charge in [0, 0.05) is 5.56 Å². The first-order valence-electron chi connectivity index (χ1n) is 15.3. The van der Waals surface area contributed by atoms with E-state index in [4.69, 9.17) is 33.2 Å². The summed E-state index contributed by atoms with van der Waals surface area (Å²) in [5, 5.41) is 2.28. The van der Waals surface area contributed by atoms with Crippen LogP contribution in [0.15, 0.2) is 127 Å². The highest BCUT2D eigenvalue weighted by Crippen LogP contribution is 2.38. The summed E-state index contributed by atoms with van der Waals surface area (Å²) in [5.74, 6) is 1.36. The second-order valence-electron chi connectivity index (χ2n) is 11.2. The van der Waals surface area contributed by atoms with Gasteiger partial charge in [-0.25, -0.2) is 0 Å². The van der Waals surface area contributed by atoms with Gasteiger partial charge in [0.25, 0.3) is 0 Å². The zero-order valence-corrected chi connectivity index (χ0v) is 25.1. The maximum atomic E-state index is 6.71. The number of fused-ring (bicyclic) bond motifs is 2. The molecule has 0 N–H and O–H groups in total. The molecule has 0 saturated carbocycles. The lowest BCUT2D eigenvalue weighted by molar-refractivity contribution is -0.361.